The number of amides is 1. The fraction of sp³-hybridized carbons (Fsp3) is 0.800. The number of hydrogen-bond acceptors (Lipinski definition) is 4. The van der Waals surface area contributed by atoms with Crippen molar-refractivity contribution in [3.05, 3.63) is 0 Å². The Morgan fingerprint density at radius 3 is 2.60 bits per heavy atom. The summed E-state index contributed by atoms with van der Waals surface area (Å²) in [6.45, 7) is 4.17. The summed E-state index contributed by atoms with van der Waals surface area (Å²) in [4.78, 5) is 26.5. The van der Waals surface area contributed by atoms with Crippen molar-refractivity contribution in [1.82, 2.24) is 9.80 Å². The Hall–Kier alpha value is -0.940. The van der Waals surface area contributed by atoms with Crippen molar-refractivity contribution in [2.75, 3.05) is 45.9 Å². The molecule has 2 aliphatic rings. The molecule has 2 fully saturated rings. The van der Waals surface area contributed by atoms with E-state index in [1.807, 2.05) is 9.80 Å². The minimum Gasteiger partial charge on any atom is -0.378 e. The average molecular weight is 212 g/mol. The van der Waals surface area contributed by atoms with Gasteiger partial charge in [0.15, 0.2) is 0 Å². The molecule has 15 heavy (non-hydrogen) atoms. The van der Waals surface area contributed by atoms with Crippen molar-refractivity contribution in [3.8, 4) is 0 Å². The van der Waals surface area contributed by atoms with Gasteiger partial charge in [-0.3, -0.25) is 14.5 Å². The molecular formula is C10H16N2O3. The van der Waals surface area contributed by atoms with Crippen molar-refractivity contribution in [2.45, 2.75) is 6.42 Å². The Morgan fingerprint density at radius 2 is 2.00 bits per heavy atom. The van der Waals surface area contributed by atoms with E-state index in [2.05, 4.69) is 0 Å². The van der Waals surface area contributed by atoms with Crippen LogP contribution in [-0.2, 0) is 14.3 Å². The molecule has 0 N–H and O–H groups in total. The number of likely N-dealkylation sites (tertiary alicyclic amines) is 1. The van der Waals surface area contributed by atoms with Crippen LogP contribution >= 0.6 is 0 Å². The van der Waals surface area contributed by atoms with E-state index in [-0.39, 0.29) is 11.7 Å². The van der Waals surface area contributed by atoms with Crippen LogP contribution in [0.2, 0.25) is 0 Å². The van der Waals surface area contributed by atoms with Gasteiger partial charge in [-0.05, 0) is 0 Å². The van der Waals surface area contributed by atoms with Gasteiger partial charge < -0.3 is 9.64 Å². The Labute approximate surface area is 89.0 Å². The molecule has 0 spiro atoms. The van der Waals surface area contributed by atoms with Gasteiger partial charge in [-0.1, -0.05) is 0 Å². The monoisotopic (exact) mass is 212 g/mol. The maximum Gasteiger partial charge on any atom is 0.236 e. The van der Waals surface area contributed by atoms with Gasteiger partial charge in [0.25, 0.3) is 0 Å². The summed E-state index contributed by atoms with van der Waals surface area (Å²) >= 11 is 0. The second-order valence-electron chi connectivity index (χ2n) is 3.99. The van der Waals surface area contributed by atoms with E-state index in [1.54, 1.807) is 0 Å². The zero-order valence-electron chi connectivity index (χ0n) is 8.78. The molecule has 2 rings (SSSR count). The number of Topliss-reactive ketones (excluding diaryl/α,β-unsaturated/α-hetero) is 1. The normalized spacial score (nSPS) is 23.5. The first-order valence-corrected chi connectivity index (χ1v) is 5.35. The fourth-order valence-electron chi connectivity index (χ4n) is 1.93. The van der Waals surface area contributed by atoms with E-state index in [0.29, 0.717) is 45.8 Å². The van der Waals surface area contributed by atoms with Crippen molar-refractivity contribution >= 4 is 11.7 Å². The number of hydrogen-bond donors (Lipinski definition) is 0. The average Bonchev–Trinajstić information content (AvgIpc) is 2.65. The molecule has 0 aromatic heterocycles. The maximum atomic E-state index is 11.8. The first kappa shape index (κ1) is 10.6. The Bertz CT molecular complexity index is 261. The maximum absolute atomic E-state index is 11.8. The number of ether oxygens (including phenoxy) is 1. The Morgan fingerprint density at radius 1 is 1.27 bits per heavy atom. The molecule has 0 aromatic rings. The van der Waals surface area contributed by atoms with E-state index in [1.165, 1.54) is 0 Å². The molecule has 84 valence electrons. The third-order valence-electron chi connectivity index (χ3n) is 2.83. The predicted molar refractivity (Wildman–Crippen MR) is 53.5 cm³/mol. The summed E-state index contributed by atoms with van der Waals surface area (Å²) in [6.07, 6.45) is 0.594. The van der Waals surface area contributed by atoms with Gasteiger partial charge >= 0.3 is 0 Å². The standard InChI is InChI=1S/C10H16N2O3/c13-9-1-2-11(7-9)8-10(14)12-3-5-15-6-4-12/h1-8H2. The quantitative estimate of drug-likeness (QED) is 0.596. The van der Waals surface area contributed by atoms with Crippen LogP contribution in [0.3, 0.4) is 0 Å². The summed E-state index contributed by atoms with van der Waals surface area (Å²) in [7, 11) is 0. The van der Waals surface area contributed by atoms with Gasteiger partial charge in [0, 0.05) is 26.1 Å². The third kappa shape index (κ3) is 2.76. The van der Waals surface area contributed by atoms with Crippen LogP contribution in [0.15, 0.2) is 0 Å². The topological polar surface area (TPSA) is 49.9 Å². The number of morpholine rings is 1. The molecule has 0 atom stereocenters. The third-order valence-corrected chi connectivity index (χ3v) is 2.83. The molecule has 1 amide bonds. The molecular weight excluding hydrogens is 196 g/mol. The lowest BCUT2D eigenvalue weighted by atomic mass is 10.4. The van der Waals surface area contributed by atoms with Crippen molar-refractivity contribution in [2.24, 2.45) is 0 Å². The highest BCUT2D eigenvalue weighted by molar-refractivity contribution is 5.84. The van der Waals surface area contributed by atoms with Crippen LogP contribution in [0.1, 0.15) is 6.42 Å². The van der Waals surface area contributed by atoms with Crippen LogP contribution in [-0.4, -0.2) is 67.4 Å². The van der Waals surface area contributed by atoms with Crippen molar-refractivity contribution in [3.63, 3.8) is 0 Å². The molecule has 2 saturated heterocycles. The van der Waals surface area contributed by atoms with Crippen molar-refractivity contribution in [1.29, 1.82) is 0 Å². The lowest BCUT2D eigenvalue weighted by Gasteiger charge is -2.28. The van der Waals surface area contributed by atoms with Crippen LogP contribution in [0.4, 0.5) is 0 Å². The van der Waals surface area contributed by atoms with Crippen LogP contribution in [0.5, 0.6) is 0 Å². The van der Waals surface area contributed by atoms with Gasteiger partial charge in [-0.25, -0.2) is 0 Å². The molecule has 0 radical (unpaired) electrons. The summed E-state index contributed by atoms with van der Waals surface area (Å²) in [5.41, 5.74) is 0. The van der Waals surface area contributed by atoms with E-state index in [9.17, 15) is 9.59 Å². The first-order valence-electron chi connectivity index (χ1n) is 5.35. The zero-order chi connectivity index (χ0) is 10.7. The van der Waals surface area contributed by atoms with Crippen molar-refractivity contribution < 1.29 is 14.3 Å². The van der Waals surface area contributed by atoms with Gasteiger partial charge in [0.1, 0.15) is 5.78 Å². The molecule has 2 heterocycles. The SMILES string of the molecule is O=C1CCN(CC(=O)N2CCOCC2)C1. The molecule has 0 bridgehead atoms. The smallest absolute Gasteiger partial charge is 0.236 e. The summed E-state index contributed by atoms with van der Waals surface area (Å²) < 4.78 is 5.18. The number of carbonyl (C=O) groups is 2. The minimum absolute atomic E-state index is 0.119. The molecule has 0 aliphatic carbocycles. The van der Waals surface area contributed by atoms with Gasteiger partial charge in [0.2, 0.25) is 5.91 Å². The minimum atomic E-state index is 0.119. The summed E-state index contributed by atoms with van der Waals surface area (Å²) in [5.74, 6) is 0.359. The molecule has 0 unspecified atom stereocenters. The molecule has 5 nitrogen and oxygen atoms in total. The van der Waals surface area contributed by atoms with Crippen LogP contribution < -0.4 is 0 Å². The number of rotatable bonds is 2. The number of ketones is 1. The Balaban J connectivity index is 1.78. The highest BCUT2D eigenvalue weighted by atomic mass is 16.5. The highest BCUT2D eigenvalue weighted by Gasteiger charge is 2.24. The van der Waals surface area contributed by atoms with E-state index in [0.717, 1.165) is 6.54 Å². The molecule has 5 heteroatoms. The molecule has 2 aliphatic heterocycles. The molecule has 0 saturated carbocycles. The van der Waals surface area contributed by atoms with Crippen LogP contribution in [0.25, 0.3) is 0 Å². The second kappa shape index (κ2) is 4.72. The van der Waals surface area contributed by atoms with Gasteiger partial charge in [-0.2, -0.15) is 0 Å². The number of nitrogens with zero attached hydrogens (tertiary/aromatic N) is 2. The fourth-order valence-corrected chi connectivity index (χ4v) is 1.93. The van der Waals surface area contributed by atoms with Gasteiger partial charge in [-0.15, -0.1) is 0 Å². The largest absolute Gasteiger partial charge is 0.378 e. The summed E-state index contributed by atoms with van der Waals surface area (Å²) in [6, 6.07) is 0. The van der Waals surface area contributed by atoms with Gasteiger partial charge in [0.05, 0.1) is 26.3 Å². The van der Waals surface area contributed by atoms with E-state index in [4.69, 9.17) is 4.74 Å². The zero-order valence-corrected chi connectivity index (χ0v) is 8.78. The second-order valence-corrected chi connectivity index (χ2v) is 3.99. The predicted octanol–water partition coefficient (Wildman–Crippen LogP) is -0.880. The van der Waals surface area contributed by atoms with E-state index >= 15 is 0 Å². The van der Waals surface area contributed by atoms with Crippen LogP contribution in [0, 0.1) is 0 Å². The van der Waals surface area contributed by atoms with E-state index < -0.39 is 0 Å². The Kier molecular flexibility index (Phi) is 3.33. The molecule has 0 aromatic carbocycles. The highest BCUT2D eigenvalue weighted by Crippen LogP contribution is 2.05. The number of carbonyl (C=O) groups excluding carboxylic acids is 2. The lowest BCUT2D eigenvalue weighted by molar-refractivity contribution is -0.136. The lowest BCUT2D eigenvalue weighted by Crippen LogP contribution is -2.45. The first-order chi connectivity index (χ1) is 7.25. The summed E-state index contributed by atoms with van der Waals surface area (Å²) in [5, 5.41) is 0.